The molecule has 1 fully saturated rings. The Balaban J connectivity index is 1.90. The van der Waals surface area contributed by atoms with Crippen LogP contribution < -0.4 is 4.90 Å². The Hall–Kier alpha value is -1.62. The number of hydrogen-bond donors (Lipinski definition) is 1. The first-order valence-electron chi connectivity index (χ1n) is 6.44. The smallest absolute Gasteiger partial charge is 0.154 e. The van der Waals surface area contributed by atoms with E-state index in [1.165, 1.54) is 0 Å². The lowest BCUT2D eigenvalue weighted by Gasteiger charge is -2.18. The molecule has 5 heteroatoms. The first-order valence-corrected chi connectivity index (χ1v) is 6.44. The molecule has 1 saturated heterocycles. The van der Waals surface area contributed by atoms with Crippen LogP contribution in [0.15, 0.2) is 18.5 Å². The van der Waals surface area contributed by atoms with Crippen LogP contribution in [0.25, 0.3) is 5.52 Å². The molecule has 2 aromatic rings. The van der Waals surface area contributed by atoms with Gasteiger partial charge in [-0.15, -0.1) is 0 Å². The maximum absolute atomic E-state index is 9.01. The van der Waals surface area contributed by atoms with Crippen LogP contribution in [-0.2, 0) is 0 Å². The Kier molecular flexibility index (Phi) is 2.91. The van der Waals surface area contributed by atoms with Crippen molar-refractivity contribution in [1.82, 2.24) is 14.6 Å². The number of rotatable bonds is 3. The highest BCUT2D eigenvalue weighted by Gasteiger charge is 2.24. The van der Waals surface area contributed by atoms with Gasteiger partial charge in [0.15, 0.2) is 5.82 Å². The zero-order valence-electron chi connectivity index (χ0n) is 10.6. The minimum atomic E-state index is 0.280. The van der Waals surface area contributed by atoms with Gasteiger partial charge in [0.1, 0.15) is 5.52 Å². The van der Waals surface area contributed by atoms with Gasteiger partial charge in [-0.25, -0.2) is 9.50 Å². The Morgan fingerprint density at radius 1 is 1.50 bits per heavy atom. The Bertz CT molecular complexity index is 551. The number of aromatic nitrogens is 3. The van der Waals surface area contributed by atoms with Crippen molar-refractivity contribution in [2.45, 2.75) is 19.8 Å². The molecule has 18 heavy (non-hydrogen) atoms. The molecule has 0 saturated carbocycles. The summed E-state index contributed by atoms with van der Waals surface area (Å²) in [7, 11) is 0. The second kappa shape index (κ2) is 4.57. The van der Waals surface area contributed by atoms with Crippen LogP contribution in [-0.4, -0.2) is 39.4 Å². The van der Waals surface area contributed by atoms with E-state index in [4.69, 9.17) is 5.11 Å². The molecular formula is C13H18N4O. The molecule has 3 heterocycles. The topological polar surface area (TPSA) is 53.7 Å². The van der Waals surface area contributed by atoms with E-state index in [9.17, 15) is 0 Å². The second-order valence-corrected chi connectivity index (χ2v) is 4.98. The van der Waals surface area contributed by atoms with Gasteiger partial charge in [-0.2, -0.15) is 5.10 Å². The molecule has 3 rings (SSSR count). The highest BCUT2D eigenvalue weighted by molar-refractivity contribution is 5.69. The number of aliphatic hydroxyl groups excluding tert-OH is 1. The number of hydrogen-bond acceptors (Lipinski definition) is 4. The fraction of sp³-hybridized carbons (Fsp3) is 0.538. The summed E-state index contributed by atoms with van der Waals surface area (Å²) >= 11 is 0. The molecular weight excluding hydrogens is 228 g/mol. The standard InChI is InChI=1S/C13H18N4O/c1-10-8-12-13(14-4-6-17(12)15-10)16-5-2-11(9-16)3-7-18/h4,6,8,11,18H,2-3,5,7,9H2,1H3. The average molecular weight is 246 g/mol. The van der Waals surface area contributed by atoms with E-state index in [-0.39, 0.29) is 6.61 Å². The van der Waals surface area contributed by atoms with E-state index in [1.54, 1.807) is 6.20 Å². The molecule has 1 N–H and O–H groups in total. The maximum atomic E-state index is 9.01. The summed E-state index contributed by atoms with van der Waals surface area (Å²) in [6, 6.07) is 2.07. The molecule has 0 radical (unpaired) electrons. The summed E-state index contributed by atoms with van der Waals surface area (Å²) in [5.74, 6) is 1.60. The first-order chi connectivity index (χ1) is 8.78. The summed E-state index contributed by atoms with van der Waals surface area (Å²) < 4.78 is 1.89. The predicted octanol–water partition coefficient (Wildman–Crippen LogP) is 1.25. The van der Waals surface area contributed by atoms with Gasteiger partial charge in [0, 0.05) is 32.1 Å². The molecule has 5 nitrogen and oxygen atoms in total. The quantitative estimate of drug-likeness (QED) is 0.885. The average Bonchev–Trinajstić information content (AvgIpc) is 2.94. The minimum Gasteiger partial charge on any atom is -0.396 e. The molecule has 1 aliphatic rings. The van der Waals surface area contributed by atoms with Crippen molar-refractivity contribution in [3.8, 4) is 0 Å². The van der Waals surface area contributed by atoms with E-state index in [0.29, 0.717) is 5.92 Å². The number of anilines is 1. The number of fused-ring (bicyclic) bond motifs is 1. The summed E-state index contributed by atoms with van der Waals surface area (Å²) in [4.78, 5) is 6.80. The van der Waals surface area contributed by atoms with Crippen molar-refractivity contribution in [2.75, 3.05) is 24.6 Å². The third-order valence-corrected chi connectivity index (χ3v) is 3.61. The van der Waals surface area contributed by atoms with Crippen LogP contribution in [0.2, 0.25) is 0 Å². The van der Waals surface area contributed by atoms with Crippen LogP contribution >= 0.6 is 0 Å². The fourth-order valence-corrected chi connectivity index (χ4v) is 2.72. The molecule has 96 valence electrons. The largest absolute Gasteiger partial charge is 0.396 e. The van der Waals surface area contributed by atoms with Crippen molar-refractivity contribution < 1.29 is 5.11 Å². The van der Waals surface area contributed by atoms with Gasteiger partial charge in [0.25, 0.3) is 0 Å². The van der Waals surface area contributed by atoms with Gasteiger partial charge in [0.2, 0.25) is 0 Å². The minimum absolute atomic E-state index is 0.280. The van der Waals surface area contributed by atoms with Gasteiger partial charge in [-0.3, -0.25) is 0 Å². The third kappa shape index (κ3) is 1.95. The molecule has 0 bridgehead atoms. The monoisotopic (exact) mass is 246 g/mol. The van der Waals surface area contributed by atoms with E-state index in [2.05, 4.69) is 21.0 Å². The molecule has 1 atom stereocenters. The van der Waals surface area contributed by atoms with Gasteiger partial charge in [-0.05, 0) is 31.7 Å². The predicted molar refractivity (Wildman–Crippen MR) is 69.7 cm³/mol. The molecule has 1 unspecified atom stereocenters. The fourth-order valence-electron chi connectivity index (χ4n) is 2.72. The number of aryl methyl sites for hydroxylation is 1. The van der Waals surface area contributed by atoms with E-state index >= 15 is 0 Å². The summed E-state index contributed by atoms with van der Waals surface area (Å²) in [5.41, 5.74) is 2.08. The van der Waals surface area contributed by atoms with Gasteiger partial charge in [-0.1, -0.05) is 0 Å². The number of nitrogens with zero attached hydrogens (tertiary/aromatic N) is 4. The highest BCUT2D eigenvalue weighted by Crippen LogP contribution is 2.27. The van der Waals surface area contributed by atoms with Crippen molar-refractivity contribution in [3.63, 3.8) is 0 Å². The van der Waals surface area contributed by atoms with Crippen LogP contribution in [0.4, 0.5) is 5.82 Å². The molecule has 0 spiro atoms. The van der Waals surface area contributed by atoms with Crippen LogP contribution in [0.1, 0.15) is 18.5 Å². The molecule has 2 aromatic heterocycles. The first kappa shape index (κ1) is 11.5. The van der Waals surface area contributed by atoms with Gasteiger partial charge < -0.3 is 10.0 Å². The van der Waals surface area contributed by atoms with Crippen LogP contribution in [0.5, 0.6) is 0 Å². The van der Waals surface area contributed by atoms with E-state index in [0.717, 1.165) is 43.0 Å². The zero-order valence-corrected chi connectivity index (χ0v) is 10.6. The molecule has 1 aliphatic heterocycles. The molecule has 0 aromatic carbocycles. The van der Waals surface area contributed by atoms with Crippen LogP contribution in [0.3, 0.4) is 0 Å². The Labute approximate surface area is 106 Å². The maximum Gasteiger partial charge on any atom is 0.154 e. The molecule has 0 amide bonds. The Morgan fingerprint density at radius 3 is 3.22 bits per heavy atom. The van der Waals surface area contributed by atoms with Crippen molar-refractivity contribution >= 4 is 11.3 Å². The Morgan fingerprint density at radius 2 is 2.39 bits per heavy atom. The number of aliphatic hydroxyl groups is 1. The van der Waals surface area contributed by atoms with Gasteiger partial charge in [0.05, 0.1) is 5.69 Å². The third-order valence-electron chi connectivity index (χ3n) is 3.61. The summed E-state index contributed by atoms with van der Waals surface area (Å²) in [6.07, 6.45) is 5.70. The summed E-state index contributed by atoms with van der Waals surface area (Å²) in [5, 5.41) is 13.4. The molecule has 0 aliphatic carbocycles. The van der Waals surface area contributed by atoms with Crippen LogP contribution in [0, 0.1) is 12.8 Å². The highest BCUT2D eigenvalue weighted by atomic mass is 16.3. The SMILES string of the molecule is Cc1cc2c(N3CCC(CCO)C3)nccn2n1. The normalized spacial score (nSPS) is 19.9. The van der Waals surface area contributed by atoms with Crippen molar-refractivity contribution in [1.29, 1.82) is 0 Å². The van der Waals surface area contributed by atoms with E-state index in [1.807, 2.05) is 17.6 Å². The summed E-state index contributed by atoms with van der Waals surface area (Å²) in [6.45, 7) is 4.27. The zero-order chi connectivity index (χ0) is 12.5. The lowest BCUT2D eigenvalue weighted by molar-refractivity contribution is 0.263. The lowest BCUT2D eigenvalue weighted by Crippen LogP contribution is -2.21. The lowest BCUT2D eigenvalue weighted by atomic mass is 10.1. The van der Waals surface area contributed by atoms with Crippen molar-refractivity contribution in [3.05, 3.63) is 24.2 Å². The van der Waals surface area contributed by atoms with E-state index < -0.39 is 0 Å². The van der Waals surface area contributed by atoms with Gasteiger partial charge >= 0.3 is 0 Å². The van der Waals surface area contributed by atoms with Crippen molar-refractivity contribution in [2.24, 2.45) is 5.92 Å². The second-order valence-electron chi connectivity index (χ2n) is 4.98.